The number of hydrogen-bond donors (Lipinski definition) is 1. The molecule has 0 radical (unpaired) electrons. The smallest absolute Gasteiger partial charge is 0.242 e. The van der Waals surface area contributed by atoms with Crippen LogP contribution in [-0.4, -0.2) is 44.2 Å². The molecule has 1 aliphatic rings. The van der Waals surface area contributed by atoms with Gasteiger partial charge in [-0.3, -0.25) is 4.90 Å². The Morgan fingerprint density at radius 3 is 2.64 bits per heavy atom. The fraction of sp³-hybridized carbons (Fsp3) is 0.500. The van der Waals surface area contributed by atoms with Gasteiger partial charge < -0.3 is 5.32 Å². The highest BCUT2D eigenvalue weighted by molar-refractivity contribution is 5.23. The number of hydrogen-bond acceptors (Lipinski definition) is 5. The number of nitrogens with zero attached hydrogens (tertiary/aromatic N) is 5. The molecule has 2 aromatic rings. The number of aromatic nitrogens is 4. The Morgan fingerprint density at radius 1 is 1.23 bits per heavy atom. The van der Waals surface area contributed by atoms with Crippen LogP contribution in [0.5, 0.6) is 0 Å². The molecule has 0 aliphatic carbocycles. The van der Waals surface area contributed by atoms with Crippen LogP contribution in [0, 0.1) is 11.6 Å². The fourth-order valence-corrected chi connectivity index (χ4v) is 2.67. The Balaban J connectivity index is 1.51. The summed E-state index contributed by atoms with van der Waals surface area (Å²) in [5.74, 6) is -0.924. The molecule has 0 bridgehead atoms. The van der Waals surface area contributed by atoms with E-state index in [0.717, 1.165) is 31.5 Å². The van der Waals surface area contributed by atoms with Gasteiger partial charge in [-0.25, -0.2) is 13.5 Å². The zero-order chi connectivity index (χ0) is 15.5. The maximum atomic E-state index is 13.2. The molecule has 22 heavy (non-hydrogen) atoms. The van der Waals surface area contributed by atoms with Crippen LogP contribution in [0.15, 0.2) is 18.2 Å². The van der Waals surface area contributed by atoms with Crippen LogP contribution in [0.1, 0.15) is 18.4 Å². The molecule has 3 rings (SSSR count). The number of anilines is 1. The number of benzene rings is 1. The molecule has 1 aromatic heterocycles. The van der Waals surface area contributed by atoms with Crippen LogP contribution in [0.3, 0.4) is 0 Å². The third kappa shape index (κ3) is 3.38. The molecule has 0 atom stereocenters. The van der Waals surface area contributed by atoms with E-state index in [-0.39, 0.29) is 0 Å². The van der Waals surface area contributed by atoms with Crippen molar-refractivity contribution in [2.45, 2.75) is 25.4 Å². The summed E-state index contributed by atoms with van der Waals surface area (Å²) in [6, 6.07) is 4.41. The van der Waals surface area contributed by atoms with Gasteiger partial charge in [0.1, 0.15) is 0 Å². The highest BCUT2D eigenvalue weighted by Crippen LogP contribution is 2.17. The lowest BCUT2D eigenvalue weighted by molar-refractivity contribution is 0.210. The molecule has 2 heterocycles. The number of piperidine rings is 1. The van der Waals surface area contributed by atoms with Crippen molar-refractivity contribution in [2.75, 3.05) is 18.4 Å². The molecule has 1 N–H and O–H groups in total. The maximum Gasteiger partial charge on any atom is 0.242 e. The van der Waals surface area contributed by atoms with Crippen LogP contribution >= 0.6 is 0 Å². The summed E-state index contributed by atoms with van der Waals surface area (Å²) in [6.45, 7) is 2.42. The van der Waals surface area contributed by atoms with E-state index in [1.165, 1.54) is 12.1 Å². The lowest BCUT2D eigenvalue weighted by Gasteiger charge is -2.32. The van der Waals surface area contributed by atoms with Crippen LogP contribution < -0.4 is 5.32 Å². The predicted molar refractivity (Wildman–Crippen MR) is 77.1 cm³/mol. The second-order valence-electron chi connectivity index (χ2n) is 5.57. The standard InChI is InChI=1S/C14H18F2N6/c1-21-14(18-19-20-21)17-11-4-6-22(7-5-11)9-10-2-3-12(15)13(16)8-10/h2-3,8,11H,4-7,9H2,1H3,(H,17,18,20). The van der Waals surface area contributed by atoms with Crippen LogP contribution in [0.2, 0.25) is 0 Å². The number of tetrazole rings is 1. The van der Waals surface area contributed by atoms with Gasteiger partial charge in [-0.1, -0.05) is 11.2 Å². The third-order valence-corrected chi connectivity index (χ3v) is 3.93. The number of nitrogens with one attached hydrogen (secondary N) is 1. The SMILES string of the molecule is Cn1nnnc1NC1CCN(Cc2ccc(F)c(F)c2)CC1. The molecule has 6 nitrogen and oxygen atoms in total. The molecule has 0 unspecified atom stereocenters. The van der Waals surface area contributed by atoms with Gasteiger partial charge in [-0.15, -0.1) is 0 Å². The minimum Gasteiger partial charge on any atom is -0.350 e. The lowest BCUT2D eigenvalue weighted by Crippen LogP contribution is -2.39. The monoisotopic (exact) mass is 308 g/mol. The van der Waals surface area contributed by atoms with E-state index in [0.29, 0.717) is 18.5 Å². The lowest BCUT2D eigenvalue weighted by atomic mass is 10.0. The van der Waals surface area contributed by atoms with Crippen LogP contribution in [0.4, 0.5) is 14.7 Å². The van der Waals surface area contributed by atoms with Gasteiger partial charge in [-0.05, 0) is 41.0 Å². The van der Waals surface area contributed by atoms with Gasteiger partial charge in [0.15, 0.2) is 11.6 Å². The molecule has 1 fully saturated rings. The maximum absolute atomic E-state index is 13.2. The molecule has 1 aromatic carbocycles. The molecule has 118 valence electrons. The van der Waals surface area contributed by atoms with E-state index < -0.39 is 11.6 Å². The Kier molecular flexibility index (Phi) is 4.28. The first-order valence-corrected chi connectivity index (χ1v) is 7.27. The zero-order valence-electron chi connectivity index (χ0n) is 12.3. The summed E-state index contributed by atoms with van der Waals surface area (Å²) < 4.78 is 27.8. The Morgan fingerprint density at radius 2 is 2.00 bits per heavy atom. The van der Waals surface area contributed by atoms with Crippen molar-refractivity contribution in [1.82, 2.24) is 25.1 Å². The first-order chi connectivity index (χ1) is 10.6. The molecule has 8 heteroatoms. The van der Waals surface area contributed by atoms with E-state index in [4.69, 9.17) is 0 Å². The van der Waals surface area contributed by atoms with Gasteiger partial charge >= 0.3 is 0 Å². The number of halogens is 2. The van der Waals surface area contributed by atoms with Crippen molar-refractivity contribution >= 4 is 5.95 Å². The second-order valence-corrected chi connectivity index (χ2v) is 5.57. The molecular weight excluding hydrogens is 290 g/mol. The van der Waals surface area contributed by atoms with Crippen LogP contribution in [-0.2, 0) is 13.6 Å². The summed E-state index contributed by atoms with van der Waals surface area (Å²) >= 11 is 0. The first-order valence-electron chi connectivity index (χ1n) is 7.27. The van der Waals surface area contributed by atoms with E-state index in [2.05, 4.69) is 25.7 Å². The predicted octanol–water partition coefficient (Wildman–Crippen LogP) is 1.56. The minimum absolute atomic E-state index is 0.325. The topological polar surface area (TPSA) is 58.9 Å². The summed E-state index contributed by atoms with van der Waals surface area (Å²) in [5, 5.41) is 14.6. The number of rotatable bonds is 4. The van der Waals surface area contributed by atoms with Gasteiger partial charge in [0, 0.05) is 32.7 Å². The molecule has 0 saturated carbocycles. The number of aryl methyl sites for hydroxylation is 1. The average molecular weight is 308 g/mol. The zero-order valence-corrected chi connectivity index (χ0v) is 12.3. The number of likely N-dealkylation sites (tertiary alicyclic amines) is 1. The average Bonchev–Trinajstić information content (AvgIpc) is 2.90. The quantitative estimate of drug-likeness (QED) is 0.929. The molecule has 1 saturated heterocycles. The van der Waals surface area contributed by atoms with Crippen LogP contribution in [0.25, 0.3) is 0 Å². The Hall–Kier alpha value is -2.09. The Labute approximate surface area is 127 Å². The fourth-order valence-electron chi connectivity index (χ4n) is 2.67. The van der Waals surface area contributed by atoms with Crippen molar-refractivity contribution in [3.8, 4) is 0 Å². The van der Waals surface area contributed by atoms with E-state index in [1.54, 1.807) is 17.8 Å². The van der Waals surface area contributed by atoms with Crippen molar-refractivity contribution in [2.24, 2.45) is 7.05 Å². The summed E-state index contributed by atoms with van der Waals surface area (Å²) in [6.07, 6.45) is 1.91. The van der Waals surface area contributed by atoms with Gasteiger partial charge in [0.05, 0.1) is 0 Å². The van der Waals surface area contributed by atoms with E-state index in [9.17, 15) is 8.78 Å². The van der Waals surface area contributed by atoms with Gasteiger partial charge in [-0.2, -0.15) is 0 Å². The third-order valence-electron chi connectivity index (χ3n) is 3.93. The van der Waals surface area contributed by atoms with Gasteiger partial charge in [0.25, 0.3) is 0 Å². The summed E-state index contributed by atoms with van der Waals surface area (Å²) in [5.41, 5.74) is 0.794. The first kappa shape index (κ1) is 14.8. The summed E-state index contributed by atoms with van der Waals surface area (Å²) in [7, 11) is 1.79. The summed E-state index contributed by atoms with van der Waals surface area (Å²) in [4.78, 5) is 2.24. The van der Waals surface area contributed by atoms with Crippen molar-refractivity contribution in [3.63, 3.8) is 0 Å². The molecule has 0 amide bonds. The second kappa shape index (κ2) is 6.35. The van der Waals surface area contributed by atoms with E-state index in [1.807, 2.05) is 0 Å². The highest BCUT2D eigenvalue weighted by Gasteiger charge is 2.20. The molecular formula is C14H18F2N6. The van der Waals surface area contributed by atoms with E-state index >= 15 is 0 Å². The largest absolute Gasteiger partial charge is 0.350 e. The Bertz CT molecular complexity index is 636. The highest BCUT2D eigenvalue weighted by atomic mass is 19.2. The van der Waals surface area contributed by atoms with Crippen molar-refractivity contribution < 1.29 is 8.78 Å². The minimum atomic E-state index is -0.802. The normalized spacial score (nSPS) is 16.9. The van der Waals surface area contributed by atoms with Gasteiger partial charge in [0.2, 0.25) is 5.95 Å². The van der Waals surface area contributed by atoms with Crippen molar-refractivity contribution in [3.05, 3.63) is 35.4 Å². The molecule has 1 aliphatic heterocycles. The molecule has 0 spiro atoms. The van der Waals surface area contributed by atoms with Crippen molar-refractivity contribution in [1.29, 1.82) is 0 Å².